The molecule has 0 saturated carbocycles. The molecule has 0 bridgehead atoms. The largest absolute Gasteiger partial charge is 0.416 e. The zero-order chi connectivity index (χ0) is 20.1. The van der Waals surface area contributed by atoms with E-state index in [1.54, 1.807) is 11.3 Å². The number of anilines is 1. The van der Waals surface area contributed by atoms with Gasteiger partial charge in [0.05, 0.1) is 28.9 Å². The lowest BCUT2D eigenvalue weighted by atomic mass is 10.2. The molecule has 1 saturated heterocycles. The molecule has 1 amide bonds. The second-order valence-corrected chi connectivity index (χ2v) is 8.06. The van der Waals surface area contributed by atoms with E-state index in [0.717, 1.165) is 35.9 Å². The van der Waals surface area contributed by atoms with E-state index in [9.17, 15) is 18.0 Å². The molecule has 0 aliphatic carbocycles. The van der Waals surface area contributed by atoms with Gasteiger partial charge < -0.3 is 10.1 Å². The van der Waals surface area contributed by atoms with E-state index in [2.05, 4.69) is 5.32 Å². The van der Waals surface area contributed by atoms with Crippen molar-refractivity contribution in [2.45, 2.75) is 31.7 Å². The number of halogens is 4. The Morgan fingerprint density at radius 2 is 2.18 bits per heavy atom. The van der Waals surface area contributed by atoms with Crippen LogP contribution in [0.25, 0.3) is 0 Å². The molecule has 0 unspecified atom stereocenters. The number of ether oxygens (including phenoxy) is 1. The van der Waals surface area contributed by atoms with Crippen LogP contribution in [0.1, 0.15) is 23.3 Å². The summed E-state index contributed by atoms with van der Waals surface area (Å²) in [6.45, 7) is 1.90. The van der Waals surface area contributed by atoms with Crippen LogP contribution in [0.15, 0.2) is 35.7 Å². The molecule has 1 aliphatic heterocycles. The molecule has 1 aromatic heterocycles. The first-order valence-electron chi connectivity index (χ1n) is 8.84. The predicted octanol–water partition coefficient (Wildman–Crippen LogP) is 5.04. The average molecular weight is 433 g/mol. The van der Waals surface area contributed by atoms with Crippen molar-refractivity contribution in [3.05, 3.63) is 51.2 Å². The zero-order valence-electron chi connectivity index (χ0n) is 15.0. The molecule has 0 radical (unpaired) electrons. The molecule has 4 nitrogen and oxygen atoms in total. The van der Waals surface area contributed by atoms with Gasteiger partial charge in [-0.1, -0.05) is 17.7 Å². The quantitative estimate of drug-likeness (QED) is 0.666. The van der Waals surface area contributed by atoms with Crippen molar-refractivity contribution in [3.8, 4) is 0 Å². The lowest BCUT2D eigenvalue weighted by Crippen LogP contribution is -2.37. The lowest BCUT2D eigenvalue weighted by Gasteiger charge is -2.24. The Morgan fingerprint density at radius 1 is 1.36 bits per heavy atom. The second-order valence-electron chi connectivity index (χ2n) is 6.62. The first-order valence-corrected chi connectivity index (χ1v) is 10.1. The Bertz CT molecular complexity index is 793. The van der Waals surface area contributed by atoms with E-state index in [-0.39, 0.29) is 23.4 Å². The highest BCUT2D eigenvalue weighted by molar-refractivity contribution is 7.09. The summed E-state index contributed by atoms with van der Waals surface area (Å²) in [4.78, 5) is 15.6. The molecular weight excluding hydrogens is 413 g/mol. The molecule has 1 aromatic carbocycles. The number of hydrogen-bond donors (Lipinski definition) is 1. The van der Waals surface area contributed by atoms with Crippen molar-refractivity contribution < 1.29 is 22.7 Å². The van der Waals surface area contributed by atoms with Crippen LogP contribution in [0.5, 0.6) is 0 Å². The minimum absolute atomic E-state index is 0.0321. The van der Waals surface area contributed by atoms with Crippen LogP contribution in [0.3, 0.4) is 0 Å². The Balaban J connectivity index is 1.67. The molecule has 1 N–H and O–H groups in total. The third-order valence-corrected chi connectivity index (χ3v) is 5.57. The lowest BCUT2D eigenvalue weighted by molar-refractivity contribution is -0.137. The average Bonchev–Trinajstić information content (AvgIpc) is 3.30. The highest BCUT2D eigenvalue weighted by Gasteiger charge is 2.31. The van der Waals surface area contributed by atoms with Crippen LogP contribution in [0, 0.1) is 0 Å². The summed E-state index contributed by atoms with van der Waals surface area (Å²) in [7, 11) is 0. The summed E-state index contributed by atoms with van der Waals surface area (Å²) in [5, 5.41) is 4.53. The van der Waals surface area contributed by atoms with Gasteiger partial charge in [0, 0.05) is 24.6 Å². The van der Waals surface area contributed by atoms with Gasteiger partial charge in [0.25, 0.3) is 0 Å². The SMILES string of the molecule is O=C(CN(Cc1cccs1)C[C@H]1CCCO1)Nc1cc(C(F)(F)F)ccc1Cl. The van der Waals surface area contributed by atoms with Crippen molar-refractivity contribution in [2.75, 3.05) is 25.0 Å². The van der Waals surface area contributed by atoms with Crippen LogP contribution in [-0.2, 0) is 22.3 Å². The fourth-order valence-corrected chi connectivity index (χ4v) is 3.99. The number of alkyl halides is 3. The van der Waals surface area contributed by atoms with Gasteiger partial charge in [0.15, 0.2) is 0 Å². The molecule has 9 heteroatoms. The van der Waals surface area contributed by atoms with E-state index in [0.29, 0.717) is 19.7 Å². The van der Waals surface area contributed by atoms with Crippen molar-refractivity contribution >= 4 is 34.5 Å². The minimum Gasteiger partial charge on any atom is -0.377 e. The summed E-state index contributed by atoms with van der Waals surface area (Å²) < 4.78 is 44.4. The summed E-state index contributed by atoms with van der Waals surface area (Å²) in [6.07, 6.45) is -2.52. The minimum atomic E-state index is -4.50. The number of rotatable bonds is 7. The number of amides is 1. The Labute approximate surface area is 170 Å². The smallest absolute Gasteiger partial charge is 0.377 e. The van der Waals surface area contributed by atoms with Gasteiger partial charge in [-0.15, -0.1) is 11.3 Å². The molecule has 28 heavy (non-hydrogen) atoms. The van der Waals surface area contributed by atoms with Gasteiger partial charge in [-0.2, -0.15) is 13.2 Å². The van der Waals surface area contributed by atoms with Crippen LogP contribution in [0.2, 0.25) is 5.02 Å². The third-order valence-electron chi connectivity index (χ3n) is 4.38. The van der Waals surface area contributed by atoms with Crippen molar-refractivity contribution in [1.82, 2.24) is 4.90 Å². The summed E-state index contributed by atoms with van der Waals surface area (Å²) in [5.41, 5.74) is -0.906. The second kappa shape index (κ2) is 9.26. The number of carbonyl (C=O) groups is 1. The molecule has 1 fully saturated rings. The van der Waals surface area contributed by atoms with Gasteiger partial charge in [0.2, 0.25) is 5.91 Å². The van der Waals surface area contributed by atoms with E-state index in [1.807, 2.05) is 22.4 Å². The van der Waals surface area contributed by atoms with Gasteiger partial charge >= 0.3 is 6.18 Å². The normalized spacial score (nSPS) is 17.2. The van der Waals surface area contributed by atoms with E-state index in [1.165, 1.54) is 0 Å². The van der Waals surface area contributed by atoms with Crippen molar-refractivity contribution in [1.29, 1.82) is 0 Å². The molecule has 2 heterocycles. The van der Waals surface area contributed by atoms with Crippen LogP contribution in [0.4, 0.5) is 18.9 Å². The fraction of sp³-hybridized carbons (Fsp3) is 0.421. The number of thiophene rings is 1. The van der Waals surface area contributed by atoms with Crippen LogP contribution >= 0.6 is 22.9 Å². The highest BCUT2D eigenvalue weighted by Crippen LogP contribution is 2.33. The topological polar surface area (TPSA) is 41.6 Å². The van der Waals surface area contributed by atoms with Crippen LogP contribution < -0.4 is 5.32 Å². The van der Waals surface area contributed by atoms with E-state index >= 15 is 0 Å². The van der Waals surface area contributed by atoms with E-state index < -0.39 is 17.6 Å². The summed E-state index contributed by atoms with van der Waals surface area (Å²) in [6, 6.07) is 6.79. The maximum atomic E-state index is 12.9. The number of benzene rings is 1. The molecule has 3 rings (SSSR count). The zero-order valence-corrected chi connectivity index (χ0v) is 16.5. The molecule has 2 aromatic rings. The van der Waals surface area contributed by atoms with Gasteiger partial charge in [-0.3, -0.25) is 9.69 Å². The third kappa shape index (κ3) is 5.94. The fourth-order valence-electron chi connectivity index (χ4n) is 3.07. The molecular formula is C19H20ClF3N2O2S. The molecule has 152 valence electrons. The standard InChI is InChI=1S/C19H20ClF3N2O2S/c20-16-6-5-13(19(21,22)23)9-17(16)24-18(26)12-25(10-14-3-1-7-27-14)11-15-4-2-8-28-15/h2,4-6,8-9,14H,1,3,7,10-12H2,(H,24,26)/t14-/m1/s1. The maximum Gasteiger partial charge on any atom is 0.416 e. The number of hydrogen-bond acceptors (Lipinski definition) is 4. The van der Waals surface area contributed by atoms with E-state index in [4.69, 9.17) is 16.3 Å². The van der Waals surface area contributed by atoms with Crippen molar-refractivity contribution in [2.24, 2.45) is 0 Å². The maximum absolute atomic E-state index is 12.9. The number of nitrogens with zero attached hydrogens (tertiary/aromatic N) is 1. The Morgan fingerprint density at radius 3 is 2.82 bits per heavy atom. The van der Waals surface area contributed by atoms with Gasteiger partial charge in [-0.05, 0) is 42.5 Å². The monoisotopic (exact) mass is 432 g/mol. The summed E-state index contributed by atoms with van der Waals surface area (Å²) >= 11 is 7.55. The first-order chi connectivity index (χ1) is 13.3. The molecule has 1 atom stereocenters. The van der Waals surface area contributed by atoms with Gasteiger partial charge in [0.1, 0.15) is 0 Å². The molecule has 1 aliphatic rings. The van der Waals surface area contributed by atoms with Gasteiger partial charge in [-0.25, -0.2) is 0 Å². The number of carbonyl (C=O) groups excluding carboxylic acids is 1. The summed E-state index contributed by atoms with van der Waals surface area (Å²) in [5.74, 6) is -0.421. The predicted molar refractivity (Wildman–Crippen MR) is 104 cm³/mol. The Kier molecular flexibility index (Phi) is 6.98. The first kappa shape index (κ1) is 21.1. The molecule has 0 spiro atoms. The Hall–Kier alpha value is -1.61. The highest BCUT2D eigenvalue weighted by atomic mass is 35.5. The number of nitrogens with one attached hydrogen (secondary N) is 1. The van der Waals surface area contributed by atoms with Crippen LogP contribution in [-0.4, -0.2) is 36.6 Å². The van der Waals surface area contributed by atoms with Crippen molar-refractivity contribution in [3.63, 3.8) is 0 Å².